The van der Waals surface area contributed by atoms with Crippen molar-refractivity contribution >= 4 is 10.0 Å². The molecule has 120 valence electrons. The van der Waals surface area contributed by atoms with Gasteiger partial charge in [0.15, 0.2) is 0 Å². The fraction of sp³-hybridized carbons (Fsp3) is 0.625. The molecule has 0 spiro atoms. The molecule has 21 heavy (non-hydrogen) atoms. The van der Waals surface area contributed by atoms with E-state index in [9.17, 15) is 8.42 Å². The van der Waals surface area contributed by atoms with E-state index in [1.165, 1.54) is 5.56 Å². The van der Waals surface area contributed by atoms with Gasteiger partial charge in [0.25, 0.3) is 0 Å². The van der Waals surface area contributed by atoms with E-state index in [2.05, 4.69) is 26.0 Å². The van der Waals surface area contributed by atoms with Gasteiger partial charge in [0.1, 0.15) is 5.75 Å². The van der Waals surface area contributed by atoms with Crippen LogP contribution in [0.2, 0.25) is 0 Å². The van der Waals surface area contributed by atoms with Crippen molar-refractivity contribution in [3.63, 3.8) is 0 Å². The summed E-state index contributed by atoms with van der Waals surface area (Å²) in [5.74, 6) is 1.23. The number of ether oxygens (including phenoxy) is 1. The lowest BCUT2D eigenvalue weighted by Gasteiger charge is -2.16. The first-order valence-corrected chi connectivity index (χ1v) is 9.30. The quantitative estimate of drug-likeness (QED) is 0.760. The average Bonchev–Trinajstić information content (AvgIpc) is 2.43. The van der Waals surface area contributed by atoms with Gasteiger partial charge in [-0.05, 0) is 36.5 Å². The van der Waals surface area contributed by atoms with Crippen LogP contribution in [0.1, 0.15) is 51.5 Å². The molecule has 0 saturated carbocycles. The zero-order valence-electron chi connectivity index (χ0n) is 13.2. The molecule has 0 aliphatic heterocycles. The van der Waals surface area contributed by atoms with Crippen molar-refractivity contribution in [3.8, 4) is 5.75 Å². The van der Waals surface area contributed by atoms with Crippen LogP contribution in [0.3, 0.4) is 0 Å². The Hall–Kier alpha value is -1.07. The first-order chi connectivity index (χ1) is 9.85. The molecule has 1 aromatic carbocycles. The maximum absolute atomic E-state index is 11.2. The van der Waals surface area contributed by atoms with E-state index >= 15 is 0 Å². The van der Waals surface area contributed by atoms with Gasteiger partial charge in [-0.15, -0.1) is 0 Å². The molecule has 2 N–H and O–H groups in total. The highest BCUT2D eigenvalue weighted by Gasteiger charge is 2.16. The topological polar surface area (TPSA) is 69.4 Å². The predicted octanol–water partition coefficient (Wildman–Crippen LogP) is 3.28. The Labute approximate surface area is 128 Å². The van der Waals surface area contributed by atoms with Crippen molar-refractivity contribution in [2.45, 2.75) is 46.0 Å². The van der Waals surface area contributed by atoms with E-state index in [0.29, 0.717) is 12.5 Å². The molecule has 0 fully saturated rings. The maximum Gasteiger partial charge on any atom is 0.209 e. The zero-order valence-corrected chi connectivity index (χ0v) is 14.0. The standard InChI is InChI=1S/C16H27NO3S/c1-4-6-14(12-21(17,18)19)11-20-16-9-7-15(8-10-16)13(3)5-2/h7-10,13-14H,4-6,11-12H2,1-3H3,(H2,17,18,19). The van der Waals surface area contributed by atoms with E-state index in [4.69, 9.17) is 9.88 Å². The molecule has 0 amide bonds. The summed E-state index contributed by atoms with van der Waals surface area (Å²) in [7, 11) is -3.45. The van der Waals surface area contributed by atoms with Crippen LogP contribution in [-0.4, -0.2) is 20.8 Å². The Morgan fingerprint density at radius 3 is 2.29 bits per heavy atom. The van der Waals surface area contributed by atoms with Crippen molar-refractivity contribution in [2.24, 2.45) is 11.1 Å². The number of hydrogen-bond donors (Lipinski definition) is 1. The summed E-state index contributed by atoms with van der Waals surface area (Å²) in [6.07, 6.45) is 2.81. The molecule has 0 aromatic heterocycles. The highest BCUT2D eigenvalue weighted by molar-refractivity contribution is 7.89. The Morgan fingerprint density at radius 1 is 1.19 bits per heavy atom. The highest BCUT2D eigenvalue weighted by Crippen LogP contribution is 2.22. The normalized spacial score (nSPS) is 14.7. The van der Waals surface area contributed by atoms with E-state index < -0.39 is 10.0 Å². The van der Waals surface area contributed by atoms with Gasteiger partial charge >= 0.3 is 0 Å². The van der Waals surface area contributed by atoms with Crippen molar-refractivity contribution in [1.29, 1.82) is 0 Å². The van der Waals surface area contributed by atoms with Crippen molar-refractivity contribution in [3.05, 3.63) is 29.8 Å². The Kier molecular flexibility index (Phi) is 7.18. The molecule has 0 radical (unpaired) electrons. The van der Waals surface area contributed by atoms with Crippen LogP contribution in [0, 0.1) is 5.92 Å². The molecular formula is C16H27NO3S. The minimum Gasteiger partial charge on any atom is -0.493 e. The molecule has 0 aliphatic rings. The number of nitrogens with two attached hydrogens (primary N) is 1. The largest absolute Gasteiger partial charge is 0.493 e. The Bertz CT molecular complexity index is 511. The lowest BCUT2D eigenvalue weighted by Crippen LogP contribution is -2.26. The SMILES string of the molecule is CCCC(COc1ccc(C(C)CC)cc1)CS(N)(=O)=O. The summed E-state index contributed by atoms with van der Waals surface area (Å²) in [4.78, 5) is 0. The van der Waals surface area contributed by atoms with Gasteiger partial charge < -0.3 is 4.74 Å². The van der Waals surface area contributed by atoms with Crippen molar-refractivity contribution in [2.75, 3.05) is 12.4 Å². The summed E-state index contributed by atoms with van der Waals surface area (Å²) in [5, 5.41) is 5.12. The van der Waals surface area contributed by atoms with Crippen LogP contribution >= 0.6 is 0 Å². The van der Waals surface area contributed by atoms with E-state index in [1.807, 2.05) is 19.1 Å². The summed E-state index contributed by atoms with van der Waals surface area (Å²) < 4.78 is 28.1. The van der Waals surface area contributed by atoms with Gasteiger partial charge in [-0.1, -0.05) is 39.3 Å². The van der Waals surface area contributed by atoms with Gasteiger partial charge in [0, 0.05) is 5.92 Å². The van der Waals surface area contributed by atoms with Crippen molar-refractivity contribution in [1.82, 2.24) is 0 Å². The molecule has 1 aromatic rings. The third kappa shape index (κ3) is 6.96. The third-order valence-corrected chi connectivity index (χ3v) is 4.65. The first kappa shape index (κ1) is 18.0. The van der Waals surface area contributed by atoms with E-state index in [-0.39, 0.29) is 11.7 Å². The lowest BCUT2D eigenvalue weighted by molar-refractivity contribution is 0.252. The number of primary sulfonamides is 1. The van der Waals surface area contributed by atoms with Gasteiger partial charge in [-0.2, -0.15) is 0 Å². The fourth-order valence-corrected chi connectivity index (χ4v) is 3.21. The summed E-state index contributed by atoms with van der Waals surface area (Å²) >= 11 is 0. The number of rotatable bonds is 9. The van der Waals surface area contributed by atoms with Crippen LogP contribution in [0.5, 0.6) is 5.75 Å². The Morgan fingerprint density at radius 2 is 1.81 bits per heavy atom. The first-order valence-electron chi connectivity index (χ1n) is 7.59. The summed E-state index contributed by atoms with van der Waals surface area (Å²) in [6.45, 7) is 6.76. The van der Waals surface area contributed by atoms with Gasteiger partial charge in [0.2, 0.25) is 10.0 Å². The second kappa shape index (κ2) is 8.39. The number of sulfonamides is 1. The molecule has 2 atom stereocenters. The van der Waals surface area contributed by atoms with Crippen molar-refractivity contribution < 1.29 is 13.2 Å². The number of benzene rings is 1. The van der Waals surface area contributed by atoms with E-state index in [1.54, 1.807) is 0 Å². The second-order valence-electron chi connectivity index (χ2n) is 5.67. The maximum atomic E-state index is 11.2. The summed E-state index contributed by atoms with van der Waals surface area (Å²) in [6, 6.07) is 8.03. The third-order valence-electron chi connectivity index (χ3n) is 3.71. The van der Waals surface area contributed by atoms with Crippen LogP contribution in [0.25, 0.3) is 0 Å². The molecule has 1 rings (SSSR count). The molecule has 0 heterocycles. The molecular weight excluding hydrogens is 286 g/mol. The predicted molar refractivity (Wildman–Crippen MR) is 87.0 cm³/mol. The van der Waals surface area contributed by atoms with Gasteiger partial charge in [-0.25, -0.2) is 13.6 Å². The molecule has 0 saturated heterocycles. The molecule has 4 nitrogen and oxygen atoms in total. The molecule has 2 unspecified atom stereocenters. The smallest absolute Gasteiger partial charge is 0.209 e. The van der Waals surface area contributed by atoms with Gasteiger partial charge in [-0.3, -0.25) is 0 Å². The number of hydrogen-bond acceptors (Lipinski definition) is 3. The van der Waals surface area contributed by atoms with Crippen LogP contribution < -0.4 is 9.88 Å². The highest BCUT2D eigenvalue weighted by atomic mass is 32.2. The Balaban J connectivity index is 2.59. The fourth-order valence-electron chi connectivity index (χ4n) is 2.29. The van der Waals surface area contributed by atoms with Crippen LogP contribution in [0.15, 0.2) is 24.3 Å². The lowest BCUT2D eigenvalue weighted by atomic mass is 9.99. The molecule has 0 bridgehead atoms. The minimum atomic E-state index is -3.45. The monoisotopic (exact) mass is 313 g/mol. The average molecular weight is 313 g/mol. The minimum absolute atomic E-state index is 0.0220. The van der Waals surface area contributed by atoms with Gasteiger partial charge in [0.05, 0.1) is 12.4 Å². The summed E-state index contributed by atoms with van der Waals surface area (Å²) in [5.41, 5.74) is 1.29. The second-order valence-corrected chi connectivity index (χ2v) is 7.33. The van der Waals surface area contributed by atoms with Crippen LogP contribution in [-0.2, 0) is 10.0 Å². The van der Waals surface area contributed by atoms with Crippen LogP contribution in [0.4, 0.5) is 0 Å². The van der Waals surface area contributed by atoms with E-state index in [0.717, 1.165) is 25.0 Å². The molecule has 0 aliphatic carbocycles. The zero-order chi connectivity index (χ0) is 15.9. The molecule has 5 heteroatoms.